The van der Waals surface area contributed by atoms with Crippen LogP contribution in [0.5, 0.6) is 0 Å². The molecule has 0 unspecified atom stereocenters. The first-order chi connectivity index (χ1) is 8.31. The number of pyridine rings is 1. The molecule has 0 aliphatic carbocycles. The standard InChI is InChI=1S/C15H10N2/c1-10-5-4-8-13-15(10)12-7-3-2-6-11(12)14(9-16)17-13/h2-8H,1H3. The molecule has 0 fully saturated rings. The van der Waals surface area contributed by atoms with Crippen LogP contribution in [0.1, 0.15) is 11.3 Å². The summed E-state index contributed by atoms with van der Waals surface area (Å²) in [5, 5.41) is 12.3. The molecule has 1 heterocycles. The molecule has 80 valence electrons. The predicted molar refractivity (Wildman–Crippen MR) is 68.7 cm³/mol. The fourth-order valence-corrected chi connectivity index (χ4v) is 2.27. The van der Waals surface area contributed by atoms with Crippen molar-refractivity contribution < 1.29 is 0 Å². The van der Waals surface area contributed by atoms with E-state index in [1.54, 1.807) is 0 Å². The summed E-state index contributed by atoms with van der Waals surface area (Å²) in [4.78, 5) is 4.42. The normalized spacial score (nSPS) is 10.6. The van der Waals surface area contributed by atoms with Crippen LogP contribution in [0, 0.1) is 18.3 Å². The third kappa shape index (κ3) is 1.37. The van der Waals surface area contributed by atoms with Gasteiger partial charge >= 0.3 is 0 Å². The zero-order chi connectivity index (χ0) is 11.8. The summed E-state index contributed by atoms with van der Waals surface area (Å²) in [5.74, 6) is 0. The molecule has 2 nitrogen and oxygen atoms in total. The van der Waals surface area contributed by atoms with Crippen molar-refractivity contribution in [2.75, 3.05) is 0 Å². The number of rotatable bonds is 0. The summed E-state index contributed by atoms with van der Waals surface area (Å²) in [6, 6.07) is 16.1. The first-order valence-electron chi connectivity index (χ1n) is 5.49. The summed E-state index contributed by atoms with van der Waals surface area (Å²) < 4.78 is 0. The van der Waals surface area contributed by atoms with E-state index in [-0.39, 0.29) is 0 Å². The molecule has 2 heteroatoms. The average molecular weight is 218 g/mol. The van der Waals surface area contributed by atoms with Gasteiger partial charge in [-0.25, -0.2) is 4.98 Å². The van der Waals surface area contributed by atoms with E-state index in [9.17, 15) is 0 Å². The minimum atomic E-state index is 0.499. The van der Waals surface area contributed by atoms with E-state index >= 15 is 0 Å². The van der Waals surface area contributed by atoms with Gasteiger partial charge in [0.25, 0.3) is 0 Å². The van der Waals surface area contributed by atoms with Crippen LogP contribution in [0.3, 0.4) is 0 Å². The van der Waals surface area contributed by atoms with E-state index in [4.69, 9.17) is 5.26 Å². The number of hydrogen-bond donors (Lipinski definition) is 0. The van der Waals surface area contributed by atoms with Crippen molar-refractivity contribution in [2.45, 2.75) is 6.92 Å². The maximum Gasteiger partial charge on any atom is 0.149 e. The number of benzene rings is 2. The first kappa shape index (κ1) is 9.80. The highest BCUT2D eigenvalue weighted by Crippen LogP contribution is 2.28. The lowest BCUT2D eigenvalue weighted by molar-refractivity contribution is 1.35. The molecule has 2 aromatic carbocycles. The zero-order valence-corrected chi connectivity index (χ0v) is 9.44. The van der Waals surface area contributed by atoms with Crippen LogP contribution in [0.15, 0.2) is 42.5 Å². The molecule has 0 spiro atoms. The van der Waals surface area contributed by atoms with Crippen molar-refractivity contribution in [2.24, 2.45) is 0 Å². The number of nitriles is 1. The largest absolute Gasteiger partial charge is 0.236 e. The molecule has 0 saturated heterocycles. The van der Waals surface area contributed by atoms with Crippen LogP contribution in [-0.2, 0) is 0 Å². The molecule has 0 N–H and O–H groups in total. The van der Waals surface area contributed by atoms with Crippen LogP contribution >= 0.6 is 0 Å². The van der Waals surface area contributed by atoms with E-state index in [0.29, 0.717) is 5.69 Å². The van der Waals surface area contributed by atoms with Gasteiger partial charge < -0.3 is 0 Å². The molecule has 0 aliphatic heterocycles. The topological polar surface area (TPSA) is 36.7 Å². The number of aryl methyl sites for hydroxylation is 1. The van der Waals surface area contributed by atoms with Gasteiger partial charge in [-0.05, 0) is 23.9 Å². The molecule has 0 aliphatic rings. The van der Waals surface area contributed by atoms with Gasteiger partial charge in [-0.2, -0.15) is 5.26 Å². The summed E-state index contributed by atoms with van der Waals surface area (Å²) in [7, 11) is 0. The Balaban J connectivity index is 2.67. The van der Waals surface area contributed by atoms with Gasteiger partial charge in [0.15, 0.2) is 0 Å². The number of aromatic nitrogens is 1. The van der Waals surface area contributed by atoms with E-state index < -0.39 is 0 Å². The monoisotopic (exact) mass is 218 g/mol. The Bertz CT molecular complexity index is 767. The first-order valence-corrected chi connectivity index (χ1v) is 5.49. The fourth-order valence-electron chi connectivity index (χ4n) is 2.27. The average Bonchev–Trinajstić information content (AvgIpc) is 2.37. The lowest BCUT2D eigenvalue weighted by Gasteiger charge is -2.07. The second kappa shape index (κ2) is 3.57. The van der Waals surface area contributed by atoms with E-state index in [0.717, 1.165) is 21.7 Å². The summed E-state index contributed by atoms with van der Waals surface area (Å²) >= 11 is 0. The second-order valence-electron chi connectivity index (χ2n) is 4.09. The molecule has 3 rings (SSSR count). The zero-order valence-electron chi connectivity index (χ0n) is 9.44. The van der Waals surface area contributed by atoms with E-state index in [1.807, 2.05) is 36.4 Å². The minimum Gasteiger partial charge on any atom is -0.236 e. The predicted octanol–water partition coefficient (Wildman–Crippen LogP) is 3.57. The number of nitrogens with zero attached hydrogens (tertiary/aromatic N) is 2. The summed E-state index contributed by atoms with van der Waals surface area (Å²) in [5.41, 5.74) is 2.58. The quantitative estimate of drug-likeness (QED) is 0.541. The highest BCUT2D eigenvalue weighted by atomic mass is 14.7. The highest BCUT2D eigenvalue weighted by Gasteiger charge is 2.08. The molecule has 3 aromatic rings. The summed E-state index contributed by atoms with van der Waals surface area (Å²) in [6.45, 7) is 2.07. The molecular formula is C15H10N2. The molecule has 0 atom stereocenters. The van der Waals surface area contributed by atoms with Gasteiger partial charge in [-0.1, -0.05) is 36.4 Å². The van der Waals surface area contributed by atoms with Crippen molar-refractivity contribution >= 4 is 21.7 Å². The van der Waals surface area contributed by atoms with Crippen molar-refractivity contribution in [1.82, 2.24) is 4.98 Å². The molecule has 0 saturated carbocycles. The van der Waals surface area contributed by atoms with Crippen LogP contribution in [0.25, 0.3) is 21.7 Å². The molecule has 0 radical (unpaired) electrons. The van der Waals surface area contributed by atoms with Gasteiger partial charge in [-0.3, -0.25) is 0 Å². The van der Waals surface area contributed by atoms with E-state index in [2.05, 4.69) is 24.0 Å². The van der Waals surface area contributed by atoms with Crippen LogP contribution in [0.4, 0.5) is 0 Å². The molecular weight excluding hydrogens is 208 g/mol. The fraction of sp³-hybridized carbons (Fsp3) is 0.0667. The van der Waals surface area contributed by atoms with Crippen molar-refractivity contribution in [1.29, 1.82) is 5.26 Å². The lowest BCUT2D eigenvalue weighted by atomic mass is 10.0. The summed E-state index contributed by atoms with van der Waals surface area (Å²) in [6.07, 6.45) is 0. The molecule has 17 heavy (non-hydrogen) atoms. The Morgan fingerprint density at radius 2 is 1.76 bits per heavy atom. The Labute approximate surface area is 99.1 Å². The lowest BCUT2D eigenvalue weighted by Crippen LogP contribution is -1.90. The van der Waals surface area contributed by atoms with Gasteiger partial charge in [0.05, 0.1) is 5.52 Å². The maximum atomic E-state index is 9.15. The second-order valence-corrected chi connectivity index (χ2v) is 4.09. The third-order valence-electron chi connectivity index (χ3n) is 3.04. The Morgan fingerprint density at radius 3 is 2.53 bits per heavy atom. The van der Waals surface area contributed by atoms with Crippen molar-refractivity contribution in [3.63, 3.8) is 0 Å². The van der Waals surface area contributed by atoms with Crippen molar-refractivity contribution in [3.8, 4) is 6.07 Å². The number of hydrogen-bond acceptors (Lipinski definition) is 2. The van der Waals surface area contributed by atoms with Gasteiger partial charge in [-0.15, -0.1) is 0 Å². The third-order valence-corrected chi connectivity index (χ3v) is 3.04. The van der Waals surface area contributed by atoms with Crippen LogP contribution in [-0.4, -0.2) is 4.98 Å². The molecule has 0 bridgehead atoms. The maximum absolute atomic E-state index is 9.15. The van der Waals surface area contributed by atoms with Crippen LogP contribution in [0.2, 0.25) is 0 Å². The van der Waals surface area contributed by atoms with Gasteiger partial charge in [0, 0.05) is 10.8 Å². The SMILES string of the molecule is Cc1cccc2nc(C#N)c3ccccc3c12. The number of fused-ring (bicyclic) bond motifs is 3. The van der Waals surface area contributed by atoms with E-state index in [1.165, 1.54) is 5.56 Å². The Kier molecular flexibility index (Phi) is 2.06. The molecule has 1 aromatic heterocycles. The van der Waals surface area contributed by atoms with Gasteiger partial charge in [0.1, 0.15) is 11.8 Å². The van der Waals surface area contributed by atoms with Gasteiger partial charge in [0.2, 0.25) is 0 Å². The Hall–Kier alpha value is -2.40. The smallest absolute Gasteiger partial charge is 0.149 e. The highest BCUT2D eigenvalue weighted by molar-refractivity contribution is 6.08. The minimum absolute atomic E-state index is 0.499. The molecule has 0 amide bonds. The van der Waals surface area contributed by atoms with Crippen molar-refractivity contribution in [3.05, 3.63) is 53.7 Å². The van der Waals surface area contributed by atoms with Crippen LogP contribution < -0.4 is 0 Å². The Morgan fingerprint density at radius 1 is 1.00 bits per heavy atom.